The summed E-state index contributed by atoms with van der Waals surface area (Å²) in [6.07, 6.45) is 4.26. The number of hydrogen-bond acceptors (Lipinski definition) is 7. The van der Waals surface area contributed by atoms with Crippen LogP contribution in [0.15, 0.2) is 63.4 Å². The minimum atomic E-state index is -0.437. The molecule has 0 N–H and O–H groups in total. The Balaban J connectivity index is 1.56. The molecule has 2 aliphatic carbocycles. The normalized spacial score (nSPS) is 17.8. The highest BCUT2D eigenvalue weighted by Crippen LogP contribution is 2.51. The van der Waals surface area contributed by atoms with Gasteiger partial charge in [0.2, 0.25) is 0 Å². The fourth-order valence-corrected chi connectivity index (χ4v) is 6.53. The van der Waals surface area contributed by atoms with Crippen LogP contribution in [0.4, 0.5) is 5.69 Å². The molecular weight excluding hydrogens is 564 g/mol. The fourth-order valence-electron chi connectivity index (χ4n) is 5.96. The summed E-state index contributed by atoms with van der Waals surface area (Å²) >= 11 is 3.66. The molecule has 8 nitrogen and oxygen atoms in total. The van der Waals surface area contributed by atoms with Crippen LogP contribution in [0.5, 0.6) is 11.5 Å². The number of allylic oxidation sites excluding steroid dienone is 4. The predicted octanol–water partition coefficient (Wildman–Crippen LogP) is 6.77. The van der Waals surface area contributed by atoms with Gasteiger partial charge in [0, 0.05) is 60.0 Å². The first-order valence-electron chi connectivity index (χ1n) is 13.5. The van der Waals surface area contributed by atoms with E-state index in [9.17, 15) is 19.7 Å². The van der Waals surface area contributed by atoms with E-state index in [0.717, 1.165) is 65.9 Å². The number of Topliss-reactive ketones (excluding diaryl/α,β-unsaturated/α-hetero) is 2. The quantitative estimate of drug-likeness (QED) is 0.245. The van der Waals surface area contributed by atoms with Crippen molar-refractivity contribution in [2.24, 2.45) is 0 Å². The number of hydrogen-bond donors (Lipinski definition) is 0. The number of nitro benzene ring substituents is 1. The Kier molecular flexibility index (Phi) is 7.88. The summed E-state index contributed by atoms with van der Waals surface area (Å²) in [6, 6.07) is 10.0. The molecule has 0 radical (unpaired) electrons. The third kappa shape index (κ3) is 5.12. The summed E-state index contributed by atoms with van der Waals surface area (Å²) in [5.74, 6) is 0.794. The maximum Gasteiger partial charge on any atom is 0.269 e. The van der Waals surface area contributed by atoms with E-state index in [2.05, 4.69) is 27.8 Å². The lowest BCUT2D eigenvalue weighted by molar-refractivity contribution is -0.384. The molecule has 3 aliphatic rings. The summed E-state index contributed by atoms with van der Waals surface area (Å²) in [4.78, 5) is 39.6. The Labute approximate surface area is 235 Å². The molecule has 0 spiro atoms. The SMILES string of the molecule is CCOc1cc(C2C3=C(CCCC3=O)N(CC)C3=C2C(=O)CCC3)cc(Br)c1OCc1ccc([N+](=O)[O-])cc1. The zero-order chi connectivity index (χ0) is 27.7. The van der Waals surface area contributed by atoms with Crippen LogP contribution in [0.25, 0.3) is 0 Å². The van der Waals surface area contributed by atoms with Crippen molar-refractivity contribution in [1.29, 1.82) is 0 Å². The Morgan fingerprint density at radius 1 is 0.949 bits per heavy atom. The topological polar surface area (TPSA) is 99.0 Å². The lowest BCUT2D eigenvalue weighted by Crippen LogP contribution is -2.39. The van der Waals surface area contributed by atoms with Crippen molar-refractivity contribution in [3.63, 3.8) is 0 Å². The van der Waals surface area contributed by atoms with Crippen LogP contribution in [0.1, 0.15) is 69.4 Å². The van der Waals surface area contributed by atoms with Crippen molar-refractivity contribution in [2.75, 3.05) is 13.2 Å². The van der Waals surface area contributed by atoms with Crippen molar-refractivity contribution < 1.29 is 24.0 Å². The maximum atomic E-state index is 13.4. The van der Waals surface area contributed by atoms with Crippen molar-refractivity contribution in [3.8, 4) is 11.5 Å². The van der Waals surface area contributed by atoms with Gasteiger partial charge in [-0.15, -0.1) is 0 Å². The molecule has 0 atom stereocenters. The van der Waals surface area contributed by atoms with E-state index in [1.807, 2.05) is 19.1 Å². The van der Waals surface area contributed by atoms with E-state index < -0.39 is 10.8 Å². The minimum absolute atomic E-state index is 0.0188. The van der Waals surface area contributed by atoms with Gasteiger partial charge in [-0.25, -0.2) is 0 Å². The largest absolute Gasteiger partial charge is 0.490 e. The molecule has 39 heavy (non-hydrogen) atoms. The highest BCUT2D eigenvalue weighted by molar-refractivity contribution is 9.10. The number of rotatable bonds is 8. The molecule has 0 fully saturated rings. The van der Waals surface area contributed by atoms with Gasteiger partial charge >= 0.3 is 0 Å². The standard InChI is InChI=1S/C30H31BrN2O6/c1-3-32-22-7-5-9-24(34)28(22)27(29-23(32)8-6-10-25(29)35)19-15-21(31)30(26(16-19)38-4-2)39-17-18-11-13-20(14-12-18)33(36)37/h11-16,27H,3-10,17H2,1-2H3. The number of carbonyl (C=O) groups excluding carboxylic acids is 2. The van der Waals surface area contributed by atoms with Gasteiger partial charge in [-0.2, -0.15) is 0 Å². The first-order chi connectivity index (χ1) is 18.8. The monoisotopic (exact) mass is 594 g/mol. The van der Waals surface area contributed by atoms with Crippen LogP contribution in [-0.2, 0) is 16.2 Å². The number of ketones is 2. The molecule has 1 aliphatic heterocycles. The Morgan fingerprint density at radius 3 is 2.10 bits per heavy atom. The lowest BCUT2D eigenvalue weighted by Gasteiger charge is -2.43. The molecule has 2 aromatic rings. The summed E-state index contributed by atoms with van der Waals surface area (Å²) in [7, 11) is 0. The van der Waals surface area contributed by atoms with E-state index >= 15 is 0 Å². The molecule has 2 aromatic carbocycles. The number of nitro groups is 1. The molecule has 0 saturated carbocycles. The summed E-state index contributed by atoms with van der Waals surface area (Å²) < 4.78 is 12.8. The van der Waals surface area contributed by atoms with Crippen LogP contribution < -0.4 is 9.47 Å². The van der Waals surface area contributed by atoms with E-state index in [1.54, 1.807) is 12.1 Å². The van der Waals surface area contributed by atoms with Gasteiger partial charge < -0.3 is 14.4 Å². The number of benzene rings is 2. The molecular formula is C30H31BrN2O6. The van der Waals surface area contributed by atoms with E-state index in [4.69, 9.17) is 9.47 Å². The van der Waals surface area contributed by atoms with Crippen molar-refractivity contribution in [1.82, 2.24) is 4.90 Å². The molecule has 0 amide bonds. The zero-order valence-electron chi connectivity index (χ0n) is 22.1. The van der Waals surface area contributed by atoms with Crippen LogP contribution in [-0.4, -0.2) is 34.5 Å². The molecule has 0 saturated heterocycles. The van der Waals surface area contributed by atoms with Gasteiger partial charge in [0.05, 0.1) is 16.0 Å². The molecule has 0 unspecified atom stereocenters. The highest BCUT2D eigenvalue weighted by atomic mass is 79.9. The Hall–Kier alpha value is -3.46. The van der Waals surface area contributed by atoms with Crippen molar-refractivity contribution >= 4 is 33.2 Å². The van der Waals surface area contributed by atoms with Gasteiger partial charge in [-0.1, -0.05) is 0 Å². The third-order valence-corrected chi connectivity index (χ3v) is 8.19. The first kappa shape index (κ1) is 27.1. The van der Waals surface area contributed by atoms with Crippen molar-refractivity contribution in [3.05, 3.63) is 84.7 Å². The summed E-state index contributed by atoms with van der Waals surface area (Å²) in [5.41, 5.74) is 5.22. The smallest absolute Gasteiger partial charge is 0.269 e. The number of halogens is 1. The van der Waals surface area contributed by atoms with Crippen LogP contribution in [0, 0.1) is 10.1 Å². The van der Waals surface area contributed by atoms with Gasteiger partial charge in [-0.05, 0) is 90.9 Å². The number of non-ortho nitro benzene ring substituents is 1. The van der Waals surface area contributed by atoms with Crippen LogP contribution >= 0.6 is 15.9 Å². The van der Waals surface area contributed by atoms with Gasteiger partial charge in [-0.3, -0.25) is 19.7 Å². The molecule has 204 valence electrons. The Morgan fingerprint density at radius 2 is 1.56 bits per heavy atom. The van der Waals surface area contributed by atoms with Crippen LogP contribution in [0.3, 0.4) is 0 Å². The van der Waals surface area contributed by atoms with Gasteiger partial charge in [0.1, 0.15) is 6.61 Å². The van der Waals surface area contributed by atoms with E-state index in [1.165, 1.54) is 12.1 Å². The van der Waals surface area contributed by atoms with E-state index in [-0.39, 0.29) is 23.9 Å². The summed E-state index contributed by atoms with van der Waals surface area (Å²) in [6.45, 7) is 5.28. The van der Waals surface area contributed by atoms with E-state index in [0.29, 0.717) is 35.4 Å². The first-order valence-corrected chi connectivity index (χ1v) is 14.3. The minimum Gasteiger partial charge on any atom is -0.490 e. The van der Waals surface area contributed by atoms with Crippen LogP contribution in [0.2, 0.25) is 0 Å². The summed E-state index contributed by atoms with van der Waals surface area (Å²) in [5, 5.41) is 11.0. The lowest BCUT2D eigenvalue weighted by atomic mass is 9.71. The van der Waals surface area contributed by atoms with Gasteiger partial charge in [0.25, 0.3) is 5.69 Å². The molecule has 1 heterocycles. The number of ether oxygens (including phenoxy) is 2. The molecule has 9 heteroatoms. The highest BCUT2D eigenvalue weighted by Gasteiger charge is 2.43. The third-order valence-electron chi connectivity index (χ3n) is 7.60. The number of carbonyl (C=O) groups is 2. The fraction of sp³-hybridized carbons (Fsp3) is 0.400. The molecule has 0 aromatic heterocycles. The van der Waals surface area contributed by atoms with Gasteiger partial charge in [0.15, 0.2) is 23.1 Å². The second-order valence-corrected chi connectivity index (χ2v) is 10.8. The average molecular weight is 595 g/mol. The zero-order valence-corrected chi connectivity index (χ0v) is 23.7. The molecule has 0 bridgehead atoms. The maximum absolute atomic E-state index is 13.4. The second kappa shape index (κ2) is 11.3. The van der Waals surface area contributed by atoms with Crippen molar-refractivity contribution in [2.45, 2.75) is 64.9 Å². The molecule has 5 rings (SSSR count). The predicted molar refractivity (Wildman–Crippen MR) is 150 cm³/mol. The number of nitrogens with zero attached hydrogens (tertiary/aromatic N) is 2. The average Bonchev–Trinajstić information content (AvgIpc) is 2.92. The second-order valence-electron chi connectivity index (χ2n) is 9.93. The Bertz CT molecular complexity index is 1350.